The van der Waals surface area contributed by atoms with Crippen molar-refractivity contribution < 1.29 is 4.39 Å². The zero-order chi connectivity index (χ0) is 14.6. The second-order valence-electron chi connectivity index (χ2n) is 5.71. The van der Waals surface area contributed by atoms with Crippen LogP contribution in [0.4, 0.5) is 4.39 Å². The Bertz CT molecular complexity index is 446. The molecule has 0 amide bonds. The maximum Gasteiger partial charge on any atom is 0.124 e. The largest absolute Gasteiger partial charge is 0.310 e. The Hall–Kier alpha value is -0.450. The first kappa shape index (κ1) is 15.9. The summed E-state index contributed by atoms with van der Waals surface area (Å²) < 4.78 is 14.0. The van der Waals surface area contributed by atoms with Crippen molar-refractivity contribution in [3.05, 3.63) is 34.1 Å². The van der Waals surface area contributed by atoms with E-state index in [1.54, 1.807) is 12.1 Å². The lowest BCUT2D eigenvalue weighted by atomic mass is 9.92. The summed E-state index contributed by atoms with van der Waals surface area (Å²) in [5, 5.41) is 3.72. The maximum atomic E-state index is 13.2. The molecule has 2 rings (SSSR count). The minimum Gasteiger partial charge on any atom is -0.310 e. The number of hydrogen-bond donors (Lipinski definition) is 1. The molecule has 4 heteroatoms. The molecule has 1 aromatic rings. The molecule has 1 aromatic carbocycles. The quantitative estimate of drug-likeness (QED) is 0.891. The highest BCUT2D eigenvalue weighted by molar-refractivity contribution is 9.10. The van der Waals surface area contributed by atoms with Crippen LogP contribution in [0, 0.1) is 5.82 Å². The number of nitrogens with one attached hydrogen (secondary N) is 1. The van der Waals surface area contributed by atoms with Crippen molar-refractivity contribution in [1.29, 1.82) is 0 Å². The van der Waals surface area contributed by atoms with Gasteiger partial charge in [-0.3, -0.25) is 4.90 Å². The summed E-state index contributed by atoms with van der Waals surface area (Å²) in [7, 11) is 0. The van der Waals surface area contributed by atoms with Gasteiger partial charge in [-0.1, -0.05) is 35.8 Å². The normalized spacial score (nSPS) is 19.8. The maximum absolute atomic E-state index is 13.2. The van der Waals surface area contributed by atoms with Crippen LogP contribution in [0.2, 0.25) is 0 Å². The lowest BCUT2D eigenvalue weighted by molar-refractivity contribution is 0.191. The van der Waals surface area contributed by atoms with Crippen molar-refractivity contribution in [2.24, 2.45) is 0 Å². The van der Waals surface area contributed by atoms with Crippen LogP contribution in [0.1, 0.15) is 38.7 Å². The van der Waals surface area contributed by atoms with Crippen LogP contribution in [0.25, 0.3) is 0 Å². The first-order valence-electron chi connectivity index (χ1n) is 7.50. The van der Waals surface area contributed by atoms with Gasteiger partial charge in [-0.15, -0.1) is 0 Å². The molecule has 0 unspecified atom stereocenters. The smallest absolute Gasteiger partial charge is 0.124 e. The average molecular weight is 343 g/mol. The standard InChI is InChI=1S/C16H24BrFN2/c1-3-16(4-2)12-20(9-5-8-19-16)11-13-6-7-14(18)10-15(13)17/h6-7,10,19H,3-5,8-9,11-12H2,1-2H3. The molecular formula is C16H24BrFN2. The average Bonchev–Trinajstić information content (AvgIpc) is 2.65. The molecule has 0 bridgehead atoms. The minimum atomic E-state index is -0.186. The predicted octanol–water partition coefficient (Wildman–Crippen LogP) is 3.94. The lowest BCUT2D eigenvalue weighted by Crippen LogP contribution is -2.50. The third kappa shape index (κ3) is 3.80. The molecule has 0 aromatic heterocycles. The van der Waals surface area contributed by atoms with E-state index in [-0.39, 0.29) is 11.4 Å². The van der Waals surface area contributed by atoms with E-state index in [0.29, 0.717) is 0 Å². The molecule has 0 atom stereocenters. The van der Waals surface area contributed by atoms with Crippen LogP contribution < -0.4 is 5.32 Å². The predicted molar refractivity (Wildman–Crippen MR) is 85.3 cm³/mol. The monoisotopic (exact) mass is 342 g/mol. The Morgan fingerprint density at radius 2 is 2.10 bits per heavy atom. The van der Waals surface area contributed by atoms with Crippen LogP contribution in [-0.2, 0) is 6.54 Å². The van der Waals surface area contributed by atoms with Crippen molar-refractivity contribution in [2.45, 2.75) is 45.2 Å². The SMILES string of the molecule is CCC1(CC)CN(Cc2ccc(F)cc2Br)CCCN1. The lowest BCUT2D eigenvalue weighted by Gasteiger charge is -2.35. The van der Waals surface area contributed by atoms with Gasteiger partial charge < -0.3 is 5.32 Å². The molecule has 1 N–H and O–H groups in total. The van der Waals surface area contributed by atoms with E-state index < -0.39 is 0 Å². The first-order valence-corrected chi connectivity index (χ1v) is 8.29. The van der Waals surface area contributed by atoms with Gasteiger partial charge in [0, 0.05) is 23.1 Å². The summed E-state index contributed by atoms with van der Waals surface area (Å²) in [4.78, 5) is 2.49. The molecule has 0 aliphatic carbocycles. The molecular weight excluding hydrogens is 319 g/mol. The van der Waals surface area contributed by atoms with Crippen LogP contribution in [0.5, 0.6) is 0 Å². The van der Waals surface area contributed by atoms with E-state index in [4.69, 9.17) is 0 Å². The van der Waals surface area contributed by atoms with E-state index in [1.807, 2.05) is 6.07 Å². The Kier molecular flexibility index (Phi) is 5.58. The fraction of sp³-hybridized carbons (Fsp3) is 0.625. The first-order chi connectivity index (χ1) is 9.58. The second-order valence-corrected chi connectivity index (χ2v) is 6.57. The summed E-state index contributed by atoms with van der Waals surface area (Å²) in [6.07, 6.45) is 3.45. The Morgan fingerprint density at radius 3 is 2.75 bits per heavy atom. The molecule has 1 saturated heterocycles. The molecule has 0 saturated carbocycles. The van der Waals surface area contributed by atoms with E-state index >= 15 is 0 Å². The minimum absolute atomic E-state index is 0.186. The topological polar surface area (TPSA) is 15.3 Å². The van der Waals surface area contributed by atoms with Gasteiger partial charge in [0.15, 0.2) is 0 Å². The third-order valence-corrected chi connectivity index (χ3v) is 5.18. The summed E-state index contributed by atoms with van der Waals surface area (Å²) in [6.45, 7) is 8.64. The van der Waals surface area contributed by atoms with Gasteiger partial charge in [0.05, 0.1) is 0 Å². The Labute approximate surface area is 129 Å². The summed E-state index contributed by atoms with van der Waals surface area (Å²) >= 11 is 3.47. The van der Waals surface area contributed by atoms with E-state index in [9.17, 15) is 4.39 Å². The van der Waals surface area contributed by atoms with Gasteiger partial charge in [-0.05, 0) is 50.0 Å². The highest BCUT2D eigenvalue weighted by atomic mass is 79.9. The second kappa shape index (κ2) is 7.01. The van der Waals surface area contributed by atoms with Crippen LogP contribution >= 0.6 is 15.9 Å². The number of halogens is 2. The number of hydrogen-bond acceptors (Lipinski definition) is 2. The molecule has 1 fully saturated rings. The molecule has 1 aliphatic heterocycles. The van der Waals surface area contributed by atoms with Gasteiger partial charge in [-0.25, -0.2) is 4.39 Å². The Morgan fingerprint density at radius 1 is 1.35 bits per heavy atom. The van der Waals surface area contributed by atoms with Gasteiger partial charge >= 0.3 is 0 Å². The molecule has 1 heterocycles. The summed E-state index contributed by atoms with van der Waals surface area (Å²) in [5.41, 5.74) is 1.39. The van der Waals surface area contributed by atoms with Crippen molar-refractivity contribution in [1.82, 2.24) is 10.2 Å². The van der Waals surface area contributed by atoms with Crippen molar-refractivity contribution in [3.63, 3.8) is 0 Å². The van der Waals surface area contributed by atoms with E-state index in [0.717, 1.165) is 49.1 Å². The van der Waals surface area contributed by atoms with Crippen LogP contribution in [0.15, 0.2) is 22.7 Å². The number of nitrogens with zero attached hydrogens (tertiary/aromatic N) is 1. The van der Waals surface area contributed by atoms with Crippen LogP contribution in [0.3, 0.4) is 0 Å². The fourth-order valence-electron chi connectivity index (χ4n) is 2.97. The van der Waals surface area contributed by atoms with Gasteiger partial charge in [-0.2, -0.15) is 0 Å². The van der Waals surface area contributed by atoms with Gasteiger partial charge in [0.1, 0.15) is 5.82 Å². The molecule has 1 aliphatic rings. The van der Waals surface area contributed by atoms with E-state index in [2.05, 4.69) is 40.0 Å². The highest BCUT2D eigenvalue weighted by Gasteiger charge is 2.30. The molecule has 0 spiro atoms. The van der Waals surface area contributed by atoms with Crippen molar-refractivity contribution in [3.8, 4) is 0 Å². The zero-order valence-corrected chi connectivity index (χ0v) is 14.0. The van der Waals surface area contributed by atoms with Crippen molar-refractivity contribution in [2.75, 3.05) is 19.6 Å². The Balaban J connectivity index is 2.11. The fourth-order valence-corrected chi connectivity index (χ4v) is 3.44. The number of benzene rings is 1. The van der Waals surface area contributed by atoms with Crippen molar-refractivity contribution >= 4 is 15.9 Å². The molecule has 112 valence electrons. The van der Waals surface area contributed by atoms with Crippen LogP contribution in [-0.4, -0.2) is 30.1 Å². The number of rotatable bonds is 4. The zero-order valence-electron chi connectivity index (χ0n) is 12.4. The highest BCUT2D eigenvalue weighted by Crippen LogP contribution is 2.24. The molecule has 20 heavy (non-hydrogen) atoms. The summed E-state index contributed by atoms with van der Waals surface area (Å²) in [6, 6.07) is 4.98. The molecule has 2 nitrogen and oxygen atoms in total. The van der Waals surface area contributed by atoms with Gasteiger partial charge in [0.2, 0.25) is 0 Å². The summed E-state index contributed by atoms with van der Waals surface area (Å²) in [5.74, 6) is -0.186. The molecule has 0 radical (unpaired) electrons. The van der Waals surface area contributed by atoms with Gasteiger partial charge in [0.25, 0.3) is 0 Å². The third-order valence-electron chi connectivity index (χ3n) is 4.44. The van der Waals surface area contributed by atoms with E-state index in [1.165, 1.54) is 6.42 Å².